The van der Waals surface area contributed by atoms with Gasteiger partial charge in [-0.3, -0.25) is 0 Å². The molecule has 0 unspecified atom stereocenters. The van der Waals surface area contributed by atoms with Crippen LogP contribution in [0.5, 0.6) is 0 Å². The van der Waals surface area contributed by atoms with Gasteiger partial charge in [0.2, 0.25) is 0 Å². The number of nitrogens with zero attached hydrogens (tertiary/aromatic N) is 3. The Morgan fingerprint density at radius 2 is 2.00 bits per heavy atom. The zero-order valence-corrected chi connectivity index (χ0v) is 8.65. The molecule has 0 atom stereocenters. The van der Waals surface area contributed by atoms with E-state index in [2.05, 4.69) is 9.94 Å². The molecule has 0 spiro atoms. The number of benzene rings is 1. The van der Waals surface area contributed by atoms with Crippen LogP contribution in [0.3, 0.4) is 0 Å². The van der Waals surface area contributed by atoms with Crippen LogP contribution >= 0.6 is 11.6 Å². The predicted octanol–water partition coefficient (Wildman–Crippen LogP) is 2.94. The molecule has 0 aliphatic heterocycles. The van der Waals surface area contributed by atoms with Crippen LogP contribution in [-0.4, -0.2) is 9.78 Å². The average Bonchev–Trinajstić information content (AvgIpc) is 2.68. The summed E-state index contributed by atoms with van der Waals surface area (Å²) in [4.78, 5) is 3.28. The molecule has 1 heterocycles. The van der Waals surface area contributed by atoms with Crippen molar-refractivity contribution in [3.63, 3.8) is 0 Å². The minimum absolute atomic E-state index is 0.320. The summed E-state index contributed by atoms with van der Waals surface area (Å²) in [7, 11) is 0. The van der Waals surface area contributed by atoms with E-state index in [1.54, 1.807) is 4.68 Å². The van der Waals surface area contributed by atoms with Crippen LogP contribution in [-0.2, 0) is 6.54 Å². The number of aromatic nitrogens is 2. The SMILES string of the molecule is [C-]#[N+]Cc1ccn(-c2ccc(Cl)cc2)n1. The summed E-state index contributed by atoms with van der Waals surface area (Å²) < 4.78 is 1.73. The van der Waals surface area contributed by atoms with Crippen LogP contribution < -0.4 is 0 Å². The Balaban J connectivity index is 2.30. The lowest BCUT2D eigenvalue weighted by molar-refractivity contribution is 0.851. The van der Waals surface area contributed by atoms with Gasteiger partial charge in [-0.05, 0) is 30.3 Å². The molecule has 0 bridgehead atoms. The third-order valence-corrected chi connectivity index (χ3v) is 2.23. The Kier molecular flexibility index (Phi) is 2.70. The first-order valence-electron chi connectivity index (χ1n) is 4.43. The van der Waals surface area contributed by atoms with Crippen LogP contribution in [0.2, 0.25) is 5.02 Å². The molecule has 0 N–H and O–H groups in total. The van der Waals surface area contributed by atoms with Crippen molar-refractivity contribution in [2.45, 2.75) is 6.54 Å². The first kappa shape index (κ1) is 9.75. The van der Waals surface area contributed by atoms with E-state index in [9.17, 15) is 0 Å². The second-order valence-corrected chi connectivity index (χ2v) is 3.48. The van der Waals surface area contributed by atoms with E-state index in [4.69, 9.17) is 18.2 Å². The van der Waals surface area contributed by atoms with E-state index in [1.807, 2.05) is 36.5 Å². The number of rotatable bonds is 2. The molecular weight excluding hydrogens is 210 g/mol. The van der Waals surface area contributed by atoms with Crippen molar-refractivity contribution in [2.75, 3.05) is 0 Å². The maximum atomic E-state index is 6.74. The van der Waals surface area contributed by atoms with Gasteiger partial charge in [0.1, 0.15) is 5.69 Å². The molecule has 3 nitrogen and oxygen atoms in total. The molecule has 0 saturated heterocycles. The highest BCUT2D eigenvalue weighted by Gasteiger charge is 2.02. The second kappa shape index (κ2) is 4.16. The van der Waals surface area contributed by atoms with Gasteiger partial charge >= 0.3 is 0 Å². The Morgan fingerprint density at radius 3 is 2.67 bits per heavy atom. The van der Waals surface area contributed by atoms with Gasteiger partial charge in [-0.15, -0.1) is 0 Å². The molecule has 1 aromatic heterocycles. The molecule has 0 fully saturated rings. The molecular formula is C11H8ClN3. The quantitative estimate of drug-likeness (QED) is 0.709. The van der Waals surface area contributed by atoms with Crippen molar-refractivity contribution >= 4 is 11.6 Å². The minimum Gasteiger partial charge on any atom is -0.310 e. The summed E-state index contributed by atoms with van der Waals surface area (Å²) in [6.07, 6.45) is 1.84. The van der Waals surface area contributed by atoms with E-state index < -0.39 is 0 Å². The fraction of sp³-hybridized carbons (Fsp3) is 0.0909. The molecule has 0 saturated carbocycles. The topological polar surface area (TPSA) is 22.2 Å². The highest BCUT2D eigenvalue weighted by Crippen LogP contribution is 2.13. The second-order valence-electron chi connectivity index (χ2n) is 3.04. The van der Waals surface area contributed by atoms with Crippen LogP contribution in [0.1, 0.15) is 5.69 Å². The lowest BCUT2D eigenvalue weighted by Crippen LogP contribution is -1.94. The summed E-state index contributed by atoms with van der Waals surface area (Å²) >= 11 is 5.78. The van der Waals surface area contributed by atoms with Crippen molar-refractivity contribution in [3.8, 4) is 5.69 Å². The average molecular weight is 218 g/mol. The monoisotopic (exact) mass is 217 g/mol. The number of hydrogen-bond acceptors (Lipinski definition) is 1. The molecule has 2 aromatic rings. The van der Waals surface area contributed by atoms with Crippen molar-refractivity contribution in [3.05, 3.63) is 58.7 Å². The smallest absolute Gasteiger partial charge is 0.258 e. The van der Waals surface area contributed by atoms with Gasteiger partial charge in [0.15, 0.2) is 0 Å². The summed E-state index contributed by atoms with van der Waals surface area (Å²) in [5.74, 6) is 0. The van der Waals surface area contributed by atoms with Gasteiger partial charge in [0, 0.05) is 11.2 Å². The van der Waals surface area contributed by atoms with Crippen molar-refractivity contribution in [1.82, 2.24) is 9.78 Å². The molecule has 1 aromatic carbocycles. The largest absolute Gasteiger partial charge is 0.310 e. The van der Waals surface area contributed by atoms with Crippen LogP contribution in [0, 0.1) is 6.57 Å². The van der Waals surface area contributed by atoms with Gasteiger partial charge < -0.3 is 4.85 Å². The summed E-state index contributed by atoms with van der Waals surface area (Å²) in [5.41, 5.74) is 1.72. The minimum atomic E-state index is 0.320. The third-order valence-electron chi connectivity index (χ3n) is 1.98. The van der Waals surface area contributed by atoms with Crippen LogP contribution in [0.15, 0.2) is 36.5 Å². The van der Waals surface area contributed by atoms with Gasteiger partial charge in [0.05, 0.1) is 5.69 Å². The summed E-state index contributed by atoms with van der Waals surface area (Å²) in [6, 6.07) is 9.24. The lowest BCUT2D eigenvalue weighted by atomic mass is 10.3. The lowest BCUT2D eigenvalue weighted by Gasteiger charge is -1.99. The molecule has 0 aliphatic carbocycles. The molecule has 0 radical (unpaired) electrons. The first-order chi connectivity index (χ1) is 7.29. The fourth-order valence-electron chi connectivity index (χ4n) is 1.26. The van der Waals surface area contributed by atoms with E-state index in [0.29, 0.717) is 11.6 Å². The third kappa shape index (κ3) is 2.17. The van der Waals surface area contributed by atoms with Crippen molar-refractivity contribution in [2.24, 2.45) is 0 Å². The summed E-state index contributed by atoms with van der Waals surface area (Å²) in [6.45, 7) is 7.06. The molecule has 0 amide bonds. The normalized spacial score (nSPS) is 9.87. The highest BCUT2D eigenvalue weighted by molar-refractivity contribution is 6.30. The van der Waals surface area contributed by atoms with Crippen LogP contribution in [0.25, 0.3) is 10.5 Å². The number of hydrogen-bond donors (Lipinski definition) is 0. The van der Waals surface area contributed by atoms with Gasteiger partial charge in [-0.25, -0.2) is 11.3 Å². The molecule has 15 heavy (non-hydrogen) atoms. The van der Waals surface area contributed by atoms with E-state index in [-0.39, 0.29) is 0 Å². The maximum Gasteiger partial charge on any atom is 0.258 e. The zero-order chi connectivity index (χ0) is 10.7. The summed E-state index contributed by atoms with van der Waals surface area (Å²) in [5, 5.41) is 4.96. The van der Waals surface area contributed by atoms with E-state index in [1.165, 1.54) is 0 Å². The Bertz CT molecular complexity index is 493. The number of halogens is 1. The highest BCUT2D eigenvalue weighted by atomic mass is 35.5. The van der Waals surface area contributed by atoms with Crippen molar-refractivity contribution in [1.29, 1.82) is 0 Å². The van der Waals surface area contributed by atoms with Gasteiger partial charge in [0.25, 0.3) is 6.54 Å². The van der Waals surface area contributed by atoms with E-state index >= 15 is 0 Å². The van der Waals surface area contributed by atoms with E-state index in [0.717, 1.165) is 11.4 Å². The molecule has 0 aliphatic rings. The Labute approximate surface area is 92.7 Å². The molecule has 2 rings (SSSR count). The maximum absolute atomic E-state index is 6.74. The Morgan fingerprint density at radius 1 is 1.27 bits per heavy atom. The predicted molar refractivity (Wildman–Crippen MR) is 58.9 cm³/mol. The standard InChI is InChI=1S/C11H8ClN3/c1-13-8-10-6-7-15(14-10)11-4-2-9(12)3-5-11/h2-7H,8H2. The van der Waals surface area contributed by atoms with Crippen LogP contribution in [0.4, 0.5) is 0 Å². The van der Waals surface area contributed by atoms with Gasteiger partial charge in [-0.1, -0.05) is 11.6 Å². The Hall–Kier alpha value is -1.79. The van der Waals surface area contributed by atoms with Gasteiger partial charge in [-0.2, -0.15) is 5.10 Å². The molecule has 74 valence electrons. The van der Waals surface area contributed by atoms with Crippen molar-refractivity contribution < 1.29 is 0 Å². The zero-order valence-electron chi connectivity index (χ0n) is 7.89. The fourth-order valence-corrected chi connectivity index (χ4v) is 1.39. The molecule has 4 heteroatoms. The first-order valence-corrected chi connectivity index (χ1v) is 4.81.